The number of hydrogen-bond donors (Lipinski definition) is 1. The molecule has 0 aromatic heterocycles. The Kier molecular flexibility index (Phi) is 5.38. The first kappa shape index (κ1) is 14.7. The fourth-order valence-corrected chi connectivity index (χ4v) is 2.15. The van der Waals surface area contributed by atoms with E-state index in [-0.39, 0.29) is 17.0 Å². The van der Waals surface area contributed by atoms with Crippen LogP contribution in [-0.2, 0) is 6.54 Å². The van der Waals surface area contributed by atoms with Crippen LogP contribution in [0.5, 0.6) is 0 Å². The third kappa shape index (κ3) is 3.59. The Bertz CT molecular complexity index is 504. The molecule has 0 fully saturated rings. The lowest BCUT2D eigenvalue weighted by molar-refractivity contribution is 0.443. The minimum absolute atomic E-state index is 0. The van der Waals surface area contributed by atoms with Gasteiger partial charge in [0.1, 0.15) is 0 Å². The smallest absolute Gasteiger partial charge is 0.177 e. The maximum Gasteiger partial charge on any atom is 0.177 e. The number of thioether (sulfide) groups is 1. The molecule has 1 aromatic rings. The molecule has 1 aliphatic rings. The van der Waals surface area contributed by atoms with Crippen LogP contribution in [0.3, 0.4) is 0 Å². The first-order chi connectivity index (χ1) is 8.19. The second-order valence-electron chi connectivity index (χ2n) is 3.80. The van der Waals surface area contributed by atoms with Gasteiger partial charge in [0.05, 0.1) is 18.2 Å². The SMILES string of the molecule is Br.CC1=NN(Cc2ccc(C#N)cc2)C(=N)SC1. The second kappa shape index (κ2) is 6.57. The molecule has 1 N–H and O–H groups in total. The number of nitrogens with one attached hydrogen (secondary N) is 1. The van der Waals surface area contributed by atoms with Crippen molar-refractivity contribution in [1.29, 1.82) is 10.7 Å². The third-order valence-corrected chi connectivity index (χ3v) is 3.41. The summed E-state index contributed by atoms with van der Waals surface area (Å²) in [4.78, 5) is 0. The van der Waals surface area contributed by atoms with Crippen LogP contribution in [0.2, 0.25) is 0 Å². The van der Waals surface area contributed by atoms with Crippen molar-refractivity contribution in [1.82, 2.24) is 5.01 Å². The third-order valence-electron chi connectivity index (χ3n) is 2.36. The Morgan fingerprint density at radius 3 is 2.72 bits per heavy atom. The molecule has 2 rings (SSSR count). The van der Waals surface area contributed by atoms with Crippen LogP contribution in [0.1, 0.15) is 18.1 Å². The molecule has 18 heavy (non-hydrogen) atoms. The zero-order valence-electron chi connectivity index (χ0n) is 9.88. The second-order valence-corrected chi connectivity index (χ2v) is 4.76. The summed E-state index contributed by atoms with van der Waals surface area (Å²) in [7, 11) is 0. The predicted octanol–water partition coefficient (Wildman–Crippen LogP) is 3.00. The molecule has 0 radical (unpaired) electrons. The van der Waals surface area contributed by atoms with Crippen molar-refractivity contribution in [2.24, 2.45) is 5.10 Å². The van der Waals surface area contributed by atoms with Gasteiger partial charge in [-0.15, -0.1) is 17.0 Å². The van der Waals surface area contributed by atoms with Crippen molar-refractivity contribution in [3.05, 3.63) is 35.4 Å². The summed E-state index contributed by atoms with van der Waals surface area (Å²) in [5, 5.41) is 23.0. The van der Waals surface area contributed by atoms with Crippen LogP contribution in [-0.4, -0.2) is 21.6 Å². The lowest BCUT2D eigenvalue weighted by atomic mass is 10.1. The van der Waals surface area contributed by atoms with Crippen molar-refractivity contribution in [3.63, 3.8) is 0 Å². The van der Waals surface area contributed by atoms with Crippen LogP contribution in [0.15, 0.2) is 29.4 Å². The maximum atomic E-state index is 8.71. The summed E-state index contributed by atoms with van der Waals surface area (Å²) in [6.07, 6.45) is 0. The normalized spacial score (nSPS) is 14.6. The van der Waals surface area contributed by atoms with E-state index >= 15 is 0 Å². The number of rotatable bonds is 2. The average Bonchev–Trinajstić information content (AvgIpc) is 2.35. The highest BCUT2D eigenvalue weighted by Crippen LogP contribution is 2.17. The van der Waals surface area contributed by atoms with E-state index in [0.29, 0.717) is 17.3 Å². The molecular weight excluding hydrogens is 312 g/mol. The first-order valence-electron chi connectivity index (χ1n) is 5.21. The predicted molar refractivity (Wildman–Crippen MR) is 80.3 cm³/mol. The van der Waals surface area contributed by atoms with E-state index in [4.69, 9.17) is 10.7 Å². The molecule has 1 aromatic carbocycles. The molecule has 0 saturated heterocycles. The van der Waals surface area contributed by atoms with Crippen molar-refractivity contribution < 1.29 is 0 Å². The van der Waals surface area contributed by atoms with Gasteiger partial charge in [0.2, 0.25) is 0 Å². The Balaban J connectivity index is 0.00000162. The molecule has 0 atom stereocenters. The molecule has 0 saturated carbocycles. The van der Waals surface area contributed by atoms with E-state index in [1.54, 1.807) is 17.1 Å². The number of nitriles is 1. The van der Waals surface area contributed by atoms with Crippen LogP contribution < -0.4 is 0 Å². The molecular formula is C12H13BrN4S. The molecule has 6 heteroatoms. The number of hydrogen-bond acceptors (Lipinski definition) is 4. The first-order valence-corrected chi connectivity index (χ1v) is 6.19. The molecule has 0 aliphatic carbocycles. The van der Waals surface area contributed by atoms with E-state index in [0.717, 1.165) is 17.0 Å². The van der Waals surface area contributed by atoms with Crippen molar-refractivity contribution >= 4 is 39.6 Å². The van der Waals surface area contributed by atoms with Gasteiger partial charge in [-0.1, -0.05) is 23.9 Å². The van der Waals surface area contributed by atoms with Gasteiger partial charge >= 0.3 is 0 Å². The summed E-state index contributed by atoms with van der Waals surface area (Å²) in [6, 6.07) is 9.45. The van der Waals surface area contributed by atoms with Crippen molar-refractivity contribution in [3.8, 4) is 6.07 Å². The molecule has 1 aliphatic heterocycles. The summed E-state index contributed by atoms with van der Waals surface area (Å²) in [6.45, 7) is 2.54. The molecule has 94 valence electrons. The Morgan fingerprint density at radius 1 is 1.44 bits per heavy atom. The highest BCUT2D eigenvalue weighted by Gasteiger charge is 2.15. The molecule has 0 amide bonds. The molecule has 4 nitrogen and oxygen atoms in total. The van der Waals surface area contributed by atoms with E-state index in [9.17, 15) is 0 Å². The Labute approximate surface area is 121 Å². The molecule has 0 unspecified atom stereocenters. The fraction of sp³-hybridized carbons (Fsp3) is 0.250. The zero-order valence-corrected chi connectivity index (χ0v) is 12.4. The van der Waals surface area contributed by atoms with Gasteiger partial charge in [-0.2, -0.15) is 10.4 Å². The summed E-state index contributed by atoms with van der Waals surface area (Å²) in [5.74, 6) is 0.794. The Hall–Kier alpha value is -1.32. The highest BCUT2D eigenvalue weighted by molar-refractivity contribution is 8.93. The van der Waals surface area contributed by atoms with Gasteiger partial charge in [-0.25, -0.2) is 5.01 Å². The fourth-order valence-electron chi connectivity index (χ4n) is 1.49. The maximum absolute atomic E-state index is 8.71. The average molecular weight is 325 g/mol. The zero-order chi connectivity index (χ0) is 12.3. The van der Waals surface area contributed by atoms with Gasteiger partial charge in [0.25, 0.3) is 0 Å². The summed E-state index contributed by atoms with van der Waals surface area (Å²) < 4.78 is 0. The van der Waals surface area contributed by atoms with Crippen LogP contribution in [0.25, 0.3) is 0 Å². The van der Waals surface area contributed by atoms with E-state index in [1.165, 1.54) is 11.8 Å². The van der Waals surface area contributed by atoms with Crippen molar-refractivity contribution in [2.75, 3.05) is 5.75 Å². The topological polar surface area (TPSA) is 63.2 Å². The Morgan fingerprint density at radius 2 is 2.11 bits per heavy atom. The molecule has 0 bridgehead atoms. The number of halogens is 1. The quantitative estimate of drug-likeness (QED) is 0.909. The highest BCUT2D eigenvalue weighted by atomic mass is 79.9. The minimum Gasteiger partial charge on any atom is -0.277 e. The van der Waals surface area contributed by atoms with Crippen LogP contribution in [0.4, 0.5) is 0 Å². The van der Waals surface area contributed by atoms with E-state index < -0.39 is 0 Å². The summed E-state index contributed by atoms with van der Waals surface area (Å²) >= 11 is 1.49. The lowest BCUT2D eigenvalue weighted by Gasteiger charge is -2.24. The van der Waals surface area contributed by atoms with Crippen LogP contribution >= 0.6 is 28.7 Å². The van der Waals surface area contributed by atoms with Crippen LogP contribution in [0, 0.1) is 16.7 Å². The lowest BCUT2D eigenvalue weighted by Crippen LogP contribution is -2.28. The summed E-state index contributed by atoms with van der Waals surface area (Å²) in [5.41, 5.74) is 2.73. The van der Waals surface area contributed by atoms with Gasteiger partial charge in [0, 0.05) is 11.5 Å². The van der Waals surface area contributed by atoms with Gasteiger partial charge in [0.15, 0.2) is 5.17 Å². The number of nitrogens with zero attached hydrogens (tertiary/aromatic N) is 3. The van der Waals surface area contributed by atoms with Gasteiger partial charge < -0.3 is 0 Å². The van der Waals surface area contributed by atoms with E-state index in [1.807, 2.05) is 19.1 Å². The standard InChI is InChI=1S/C12H12N4S.BrH/c1-9-8-17-12(14)16(15-9)7-11-4-2-10(6-13)3-5-11;/h2-5,14H,7-8H2,1H3;1H. The largest absolute Gasteiger partial charge is 0.277 e. The minimum atomic E-state index is 0. The van der Waals surface area contributed by atoms with Gasteiger partial charge in [-0.3, -0.25) is 5.41 Å². The van der Waals surface area contributed by atoms with E-state index in [2.05, 4.69) is 11.2 Å². The number of hydrazone groups is 1. The number of benzene rings is 1. The van der Waals surface area contributed by atoms with Gasteiger partial charge in [-0.05, 0) is 24.6 Å². The molecule has 0 spiro atoms. The monoisotopic (exact) mass is 324 g/mol. The van der Waals surface area contributed by atoms with Crippen molar-refractivity contribution in [2.45, 2.75) is 13.5 Å². The number of amidine groups is 1. The molecule has 1 heterocycles.